The number of hydrogen-bond acceptors (Lipinski definition) is 9. The number of nitrogens with zero attached hydrogens (tertiary/aromatic N) is 5. The summed E-state index contributed by atoms with van der Waals surface area (Å²) in [5, 5.41) is 9.99. The van der Waals surface area contributed by atoms with E-state index in [-0.39, 0.29) is 11.0 Å². The van der Waals surface area contributed by atoms with Crippen LogP contribution in [0.2, 0.25) is 0 Å². The smallest absolute Gasteiger partial charge is 0.245 e. The molecule has 5 rings (SSSR count). The largest absolute Gasteiger partial charge is 0.473 e. The number of benzene rings is 2. The van der Waals surface area contributed by atoms with Crippen LogP contribution in [0.25, 0.3) is 33.7 Å². The lowest BCUT2D eigenvalue weighted by Gasteiger charge is -2.14. The lowest BCUT2D eigenvalue weighted by atomic mass is 10.1. The normalized spacial score (nSPS) is 11.7. The summed E-state index contributed by atoms with van der Waals surface area (Å²) in [5.74, 6) is 1.48. The molecule has 0 atom stereocenters. The summed E-state index contributed by atoms with van der Waals surface area (Å²) in [4.78, 5) is 18.3. The Labute approximate surface area is 214 Å². The van der Waals surface area contributed by atoms with Crippen molar-refractivity contribution in [3.63, 3.8) is 0 Å². The highest BCUT2D eigenvalue weighted by atomic mass is 32.2. The number of fused-ring (bicyclic) bond motifs is 1. The molecule has 0 aliphatic carbocycles. The SMILES string of the molecule is CC(C)Oc1nc(NCc2ccc(-c3ncn[nH]3)cc2)nc2ccc(-c3cccc(S(C)(=O)=O)c3)nc12. The van der Waals surface area contributed by atoms with Crippen molar-refractivity contribution < 1.29 is 13.2 Å². The van der Waals surface area contributed by atoms with Crippen molar-refractivity contribution in [2.75, 3.05) is 11.6 Å². The third-order valence-corrected chi connectivity index (χ3v) is 6.62. The van der Waals surface area contributed by atoms with Gasteiger partial charge in [0.2, 0.25) is 11.8 Å². The van der Waals surface area contributed by atoms with E-state index >= 15 is 0 Å². The minimum atomic E-state index is -3.34. The second-order valence-electron chi connectivity index (χ2n) is 8.77. The fourth-order valence-electron chi connectivity index (χ4n) is 3.73. The Morgan fingerprint density at radius 2 is 1.78 bits per heavy atom. The molecule has 5 aromatic rings. The summed E-state index contributed by atoms with van der Waals surface area (Å²) in [7, 11) is -3.34. The van der Waals surface area contributed by atoms with Crippen molar-refractivity contribution in [3.8, 4) is 28.5 Å². The second kappa shape index (κ2) is 9.94. The minimum absolute atomic E-state index is 0.131. The average molecular weight is 516 g/mol. The Morgan fingerprint density at radius 3 is 2.49 bits per heavy atom. The summed E-state index contributed by atoms with van der Waals surface area (Å²) in [6.45, 7) is 4.33. The molecule has 0 radical (unpaired) electrons. The number of ether oxygens (including phenoxy) is 1. The number of sulfone groups is 1. The van der Waals surface area contributed by atoms with Crippen molar-refractivity contribution in [1.82, 2.24) is 30.1 Å². The van der Waals surface area contributed by atoms with E-state index in [0.29, 0.717) is 46.5 Å². The predicted molar refractivity (Wildman–Crippen MR) is 141 cm³/mol. The van der Waals surface area contributed by atoms with Gasteiger partial charge in [-0.3, -0.25) is 5.10 Å². The van der Waals surface area contributed by atoms with E-state index in [0.717, 1.165) is 11.1 Å². The molecule has 0 fully saturated rings. The molecular weight excluding hydrogens is 490 g/mol. The Hall–Kier alpha value is -4.38. The van der Waals surface area contributed by atoms with Crippen LogP contribution in [0.5, 0.6) is 5.88 Å². The highest BCUT2D eigenvalue weighted by Gasteiger charge is 2.15. The van der Waals surface area contributed by atoms with E-state index < -0.39 is 9.84 Å². The number of hydrogen-bond donors (Lipinski definition) is 2. The molecule has 37 heavy (non-hydrogen) atoms. The van der Waals surface area contributed by atoms with E-state index in [9.17, 15) is 8.42 Å². The van der Waals surface area contributed by atoms with Crippen LogP contribution in [0.1, 0.15) is 19.4 Å². The molecule has 0 amide bonds. The van der Waals surface area contributed by atoms with Gasteiger partial charge in [-0.15, -0.1) is 0 Å². The van der Waals surface area contributed by atoms with E-state index in [1.807, 2.05) is 56.3 Å². The number of H-pyrrole nitrogens is 1. The number of aromatic amines is 1. The standard InChI is InChI=1S/C26H25N7O3S/c1-16(2)36-25-23-22(12-11-21(30-23)19-5-4-6-20(13-19)37(3,34)35)31-26(32-25)27-14-17-7-9-18(10-8-17)24-28-15-29-33-24/h4-13,15-16H,14H2,1-3H3,(H,27,31,32)(H,28,29,33). The van der Waals surface area contributed by atoms with E-state index in [4.69, 9.17) is 9.72 Å². The molecule has 0 bridgehead atoms. The molecule has 0 saturated heterocycles. The third-order valence-electron chi connectivity index (χ3n) is 5.51. The lowest BCUT2D eigenvalue weighted by molar-refractivity contribution is 0.235. The maximum atomic E-state index is 12.0. The Kier molecular flexibility index (Phi) is 6.53. The highest BCUT2D eigenvalue weighted by molar-refractivity contribution is 7.90. The summed E-state index contributed by atoms with van der Waals surface area (Å²) < 4.78 is 30.0. The van der Waals surface area contributed by atoms with Gasteiger partial charge in [0.15, 0.2) is 21.2 Å². The van der Waals surface area contributed by atoms with Crippen LogP contribution in [0, 0.1) is 0 Å². The topological polar surface area (TPSA) is 136 Å². The third kappa shape index (κ3) is 5.56. The predicted octanol–water partition coefficient (Wildman–Crippen LogP) is 4.28. The van der Waals surface area contributed by atoms with Crippen LogP contribution in [0.3, 0.4) is 0 Å². The monoisotopic (exact) mass is 515 g/mol. The summed E-state index contributed by atoms with van der Waals surface area (Å²) in [6, 6.07) is 18.3. The molecule has 0 spiro atoms. The molecule has 2 N–H and O–H groups in total. The summed E-state index contributed by atoms with van der Waals surface area (Å²) in [6.07, 6.45) is 2.53. The lowest BCUT2D eigenvalue weighted by Crippen LogP contribution is -2.11. The minimum Gasteiger partial charge on any atom is -0.473 e. The van der Waals surface area contributed by atoms with Crippen molar-refractivity contribution in [3.05, 3.63) is 72.6 Å². The molecule has 0 aliphatic rings. The van der Waals surface area contributed by atoms with Crippen molar-refractivity contribution in [1.29, 1.82) is 0 Å². The van der Waals surface area contributed by atoms with Gasteiger partial charge in [-0.25, -0.2) is 23.4 Å². The zero-order chi connectivity index (χ0) is 26.0. The molecule has 3 heterocycles. The molecule has 188 valence electrons. The van der Waals surface area contributed by atoms with E-state index in [2.05, 4.69) is 30.5 Å². The fourth-order valence-corrected chi connectivity index (χ4v) is 4.39. The molecule has 3 aromatic heterocycles. The van der Waals surface area contributed by atoms with Crippen molar-refractivity contribution in [2.45, 2.75) is 31.4 Å². The van der Waals surface area contributed by atoms with Gasteiger partial charge in [0, 0.05) is 23.9 Å². The van der Waals surface area contributed by atoms with Crippen LogP contribution in [0.4, 0.5) is 5.95 Å². The number of nitrogens with one attached hydrogen (secondary N) is 2. The van der Waals surface area contributed by atoms with Crippen LogP contribution >= 0.6 is 0 Å². The number of anilines is 1. The van der Waals surface area contributed by atoms with Crippen LogP contribution in [-0.2, 0) is 16.4 Å². The zero-order valence-corrected chi connectivity index (χ0v) is 21.3. The Bertz CT molecular complexity index is 1650. The maximum absolute atomic E-state index is 12.0. The van der Waals surface area contributed by atoms with Gasteiger partial charge >= 0.3 is 0 Å². The van der Waals surface area contributed by atoms with Crippen LogP contribution in [0.15, 0.2) is 71.9 Å². The summed E-state index contributed by atoms with van der Waals surface area (Å²) in [5.41, 5.74) is 4.37. The molecule has 10 nitrogen and oxygen atoms in total. The highest BCUT2D eigenvalue weighted by Crippen LogP contribution is 2.28. The van der Waals surface area contributed by atoms with Gasteiger partial charge in [-0.05, 0) is 43.7 Å². The van der Waals surface area contributed by atoms with Crippen molar-refractivity contribution >= 4 is 26.8 Å². The van der Waals surface area contributed by atoms with E-state index in [1.165, 1.54) is 12.6 Å². The van der Waals surface area contributed by atoms with Crippen LogP contribution < -0.4 is 10.1 Å². The first-order valence-electron chi connectivity index (χ1n) is 11.6. The van der Waals surface area contributed by atoms with Gasteiger partial charge in [-0.1, -0.05) is 36.4 Å². The second-order valence-corrected chi connectivity index (χ2v) is 10.8. The van der Waals surface area contributed by atoms with Gasteiger partial charge < -0.3 is 10.1 Å². The molecule has 0 saturated carbocycles. The molecule has 2 aromatic carbocycles. The molecular formula is C26H25N7O3S. The van der Waals surface area contributed by atoms with Gasteiger partial charge in [0.25, 0.3) is 0 Å². The molecule has 0 unspecified atom stereocenters. The Morgan fingerprint density at radius 1 is 0.973 bits per heavy atom. The zero-order valence-electron chi connectivity index (χ0n) is 20.5. The Balaban J connectivity index is 1.43. The van der Waals surface area contributed by atoms with Gasteiger partial charge in [-0.2, -0.15) is 10.1 Å². The summed E-state index contributed by atoms with van der Waals surface area (Å²) >= 11 is 0. The van der Waals surface area contributed by atoms with Gasteiger partial charge in [0.1, 0.15) is 6.33 Å². The van der Waals surface area contributed by atoms with Gasteiger partial charge in [0.05, 0.1) is 22.2 Å². The quantitative estimate of drug-likeness (QED) is 0.310. The first-order chi connectivity index (χ1) is 17.8. The number of pyridine rings is 1. The maximum Gasteiger partial charge on any atom is 0.245 e. The van der Waals surface area contributed by atoms with Crippen LogP contribution in [-0.4, -0.2) is 50.9 Å². The molecule has 11 heteroatoms. The first-order valence-corrected chi connectivity index (χ1v) is 13.5. The number of aromatic nitrogens is 6. The molecule has 0 aliphatic heterocycles. The number of rotatable bonds is 8. The average Bonchev–Trinajstić information content (AvgIpc) is 3.42. The van der Waals surface area contributed by atoms with Crippen molar-refractivity contribution in [2.24, 2.45) is 0 Å². The van der Waals surface area contributed by atoms with E-state index in [1.54, 1.807) is 18.2 Å². The first kappa shape index (κ1) is 24.3. The fraction of sp³-hybridized carbons (Fsp3) is 0.192.